The molecule has 0 aliphatic carbocycles. The predicted molar refractivity (Wildman–Crippen MR) is 160 cm³/mol. The van der Waals surface area contributed by atoms with E-state index in [0.29, 0.717) is 28.6 Å². The number of likely N-dealkylation sites (tertiary alicyclic amines) is 1. The van der Waals surface area contributed by atoms with Crippen molar-refractivity contribution in [1.29, 1.82) is 0 Å². The third-order valence-corrected chi connectivity index (χ3v) is 8.31. The number of nitrogens with two attached hydrogens (primary N) is 1. The lowest BCUT2D eigenvalue weighted by molar-refractivity contribution is 0.102. The van der Waals surface area contributed by atoms with Crippen LogP contribution >= 0.6 is 0 Å². The van der Waals surface area contributed by atoms with E-state index in [1.807, 2.05) is 84.9 Å². The van der Waals surface area contributed by atoms with Gasteiger partial charge in [0, 0.05) is 49.9 Å². The van der Waals surface area contributed by atoms with Crippen LogP contribution in [0.2, 0.25) is 0 Å². The van der Waals surface area contributed by atoms with Crippen LogP contribution in [-0.4, -0.2) is 47.8 Å². The summed E-state index contributed by atoms with van der Waals surface area (Å²) in [5.41, 5.74) is 12.4. The molecule has 7 nitrogen and oxygen atoms in total. The van der Waals surface area contributed by atoms with Crippen LogP contribution < -0.4 is 21.7 Å². The van der Waals surface area contributed by atoms with Crippen LogP contribution in [0.3, 0.4) is 0 Å². The third-order valence-electron chi connectivity index (χ3n) is 8.31. The highest BCUT2D eigenvalue weighted by atomic mass is 16.3. The Morgan fingerprint density at radius 1 is 0.975 bits per heavy atom. The molecule has 1 amide bonds. The zero-order chi connectivity index (χ0) is 27.5. The molecule has 1 spiro atoms. The lowest BCUT2D eigenvalue weighted by Crippen LogP contribution is -2.57. The fourth-order valence-corrected chi connectivity index (χ4v) is 6.03. The number of nitrogens with zero attached hydrogens (tertiary/aromatic N) is 1. The van der Waals surface area contributed by atoms with E-state index in [9.17, 15) is 9.90 Å². The molecule has 0 saturated carbocycles. The quantitative estimate of drug-likeness (QED) is 0.229. The molecule has 6 rings (SSSR count). The molecule has 40 heavy (non-hydrogen) atoms. The van der Waals surface area contributed by atoms with E-state index in [4.69, 9.17) is 5.73 Å². The number of hydrogen-bond donors (Lipinski definition) is 5. The van der Waals surface area contributed by atoms with Crippen molar-refractivity contribution >= 4 is 17.3 Å². The molecule has 2 aliphatic rings. The molecule has 0 aromatic heterocycles. The van der Waals surface area contributed by atoms with Crippen LogP contribution in [0.5, 0.6) is 5.75 Å². The second-order valence-corrected chi connectivity index (χ2v) is 10.9. The maximum Gasteiger partial charge on any atom is 0.255 e. The van der Waals surface area contributed by atoms with Crippen LogP contribution in [0, 0.1) is 0 Å². The summed E-state index contributed by atoms with van der Waals surface area (Å²) in [7, 11) is 0. The maximum absolute atomic E-state index is 13.1. The van der Waals surface area contributed by atoms with Crippen LogP contribution in [-0.2, 0) is 6.54 Å². The average molecular weight is 534 g/mol. The number of benzene rings is 4. The van der Waals surface area contributed by atoms with Crippen LogP contribution in [0.4, 0.5) is 11.4 Å². The van der Waals surface area contributed by atoms with Gasteiger partial charge < -0.3 is 21.5 Å². The van der Waals surface area contributed by atoms with Gasteiger partial charge >= 0.3 is 0 Å². The van der Waals surface area contributed by atoms with Crippen molar-refractivity contribution in [2.45, 2.75) is 24.4 Å². The molecule has 6 N–H and O–H groups in total. The van der Waals surface area contributed by atoms with Gasteiger partial charge in [-0.25, -0.2) is 0 Å². The van der Waals surface area contributed by atoms with Gasteiger partial charge in [0.15, 0.2) is 0 Å². The van der Waals surface area contributed by atoms with E-state index >= 15 is 0 Å². The fraction of sp³-hybridized carbons (Fsp3) is 0.242. The van der Waals surface area contributed by atoms with E-state index < -0.39 is 0 Å². The minimum atomic E-state index is -0.185. The van der Waals surface area contributed by atoms with Gasteiger partial charge in [0.1, 0.15) is 5.75 Å². The average Bonchev–Trinajstić information content (AvgIpc) is 3.45. The first-order valence-electron chi connectivity index (χ1n) is 13.8. The molecule has 2 aliphatic heterocycles. The van der Waals surface area contributed by atoms with Crippen molar-refractivity contribution < 1.29 is 9.90 Å². The Bertz CT molecular complexity index is 1470. The molecule has 2 saturated heterocycles. The Balaban J connectivity index is 1.13. The Kier molecular flexibility index (Phi) is 7.26. The molecule has 2 heterocycles. The highest BCUT2D eigenvalue weighted by Gasteiger charge is 2.45. The largest absolute Gasteiger partial charge is 0.508 e. The summed E-state index contributed by atoms with van der Waals surface area (Å²) in [6.07, 6.45) is 1.04. The van der Waals surface area contributed by atoms with Gasteiger partial charge in [-0.15, -0.1) is 0 Å². The lowest BCUT2D eigenvalue weighted by Gasteiger charge is -2.46. The Labute approximate surface area is 235 Å². The van der Waals surface area contributed by atoms with Crippen molar-refractivity contribution in [3.05, 3.63) is 114 Å². The topological polar surface area (TPSA) is 103 Å². The van der Waals surface area contributed by atoms with Gasteiger partial charge in [0.05, 0.1) is 11.4 Å². The smallest absolute Gasteiger partial charge is 0.255 e. The van der Waals surface area contributed by atoms with E-state index in [2.05, 4.69) is 20.9 Å². The molecule has 7 heteroatoms. The van der Waals surface area contributed by atoms with Crippen molar-refractivity contribution in [3.63, 3.8) is 0 Å². The number of nitrogen functional groups attached to an aromatic ring is 1. The predicted octanol–water partition coefficient (Wildman–Crippen LogP) is 4.77. The molecular weight excluding hydrogens is 498 g/mol. The summed E-state index contributed by atoms with van der Waals surface area (Å²) in [5.74, 6) is 0.410. The number of piperidine rings is 1. The summed E-state index contributed by atoms with van der Waals surface area (Å²) < 4.78 is 0. The first-order chi connectivity index (χ1) is 19.5. The van der Waals surface area contributed by atoms with Gasteiger partial charge in [-0.1, -0.05) is 60.7 Å². The van der Waals surface area contributed by atoms with E-state index in [-0.39, 0.29) is 11.4 Å². The SMILES string of the molecule is Nc1ccc(-c2ccccc2)cc1NC(=O)c1ccc(CN2CCC3(CNCN3)C(c3ccc(O)cc3)C2)cc1. The van der Waals surface area contributed by atoms with Gasteiger partial charge in [0.2, 0.25) is 0 Å². The first kappa shape index (κ1) is 26.1. The van der Waals surface area contributed by atoms with Crippen molar-refractivity contribution in [2.24, 2.45) is 0 Å². The number of phenols is 1. The number of phenolic OH excluding ortho intramolecular Hbond substituents is 1. The second kappa shape index (κ2) is 11.1. The van der Waals surface area contributed by atoms with Crippen molar-refractivity contribution in [1.82, 2.24) is 15.5 Å². The second-order valence-electron chi connectivity index (χ2n) is 10.9. The Hall–Kier alpha value is -4.17. The summed E-state index contributed by atoms with van der Waals surface area (Å²) in [4.78, 5) is 15.6. The molecule has 0 radical (unpaired) electrons. The molecule has 204 valence electrons. The zero-order valence-corrected chi connectivity index (χ0v) is 22.4. The minimum absolute atomic E-state index is 0.0229. The number of carbonyl (C=O) groups is 1. The molecule has 2 fully saturated rings. The fourth-order valence-electron chi connectivity index (χ4n) is 6.03. The van der Waals surface area contributed by atoms with Crippen LogP contribution in [0.25, 0.3) is 11.1 Å². The highest BCUT2D eigenvalue weighted by molar-refractivity contribution is 6.06. The van der Waals surface area contributed by atoms with Crippen LogP contribution in [0.15, 0.2) is 97.1 Å². The Morgan fingerprint density at radius 2 is 1.75 bits per heavy atom. The van der Waals surface area contributed by atoms with Crippen molar-refractivity contribution in [2.75, 3.05) is 37.4 Å². The summed E-state index contributed by atoms with van der Waals surface area (Å²) in [6, 6.07) is 31.2. The lowest BCUT2D eigenvalue weighted by atomic mass is 9.74. The van der Waals surface area contributed by atoms with E-state index in [0.717, 1.165) is 50.4 Å². The summed E-state index contributed by atoms with van der Waals surface area (Å²) >= 11 is 0. The molecular formula is C33H35N5O2. The maximum atomic E-state index is 13.1. The monoisotopic (exact) mass is 533 g/mol. The van der Waals surface area contributed by atoms with Gasteiger partial charge in [-0.05, 0) is 65.1 Å². The number of hydrogen-bond acceptors (Lipinski definition) is 6. The standard InChI is InChI=1S/C33H35N5O2/c34-30-15-12-27(24-4-2-1-3-5-24)18-31(30)37-32(40)26-8-6-23(7-9-26)19-38-17-16-33(21-35-22-36-33)29(20-38)25-10-13-28(39)14-11-25/h1-15,18,29,35-36,39H,16-17,19-22,34H2,(H,37,40). The molecule has 2 unspecified atom stereocenters. The number of rotatable bonds is 6. The van der Waals surface area contributed by atoms with E-state index in [1.54, 1.807) is 12.1 Å². The number of amides is 1. The molecule has 4 aromatic carbocycles. The molecule has 4 aromatic rings. The summed E-state index contributed by atoms with van der Waals surface area (Å²) in [5, 5.41) is 20.0. The van der Waals surface area contributed by atoms with E-state index in [1.165, 1.54) is 11.1 Å². The summed E-state index contributed by atoms with van der Waals surface area (Å²) in [6.45, 7) is 4.47. The Morgan fingerprint density at radius 3 is 2.48 bits per heavy atom. The minimum Gasteiger partial charge on any atom is -0.508 e. The number of carbonyl (C=O) groups excluding carboxylic acids is 1. The zero-order valence-electron chi connectivity index (χ0n) is 22.4. The molecule has 2 atom stereocenters. The number of aromatic hydroxyl groups is 1. The molecule has 0 bridgehead atoms. The van der Waals surface area contributed by atoms with Gasteiger partial charge in [-0.2, -0.15) is 0 Å². The number of anilines is 2. The third kappa shape index (κ3) is 5.45. The first-order valence-corrected chi connectivity index (χ1v) is 13.8. The highest BCUT2D eigenvalue weighted by Crippen LogP contribution is 2.38. The van der Waals surface area contributed by atoms with Gasteiger partial charge in [0.25, 0.3) is 5.91 Å². The van der Waals surface area contributed by atoms with Crippen molar-refractivity contribution in [3.8, 4) is 16.9 Å². The van der Waals surface area contributed by atoms with Gasteiger partial charge in [-0.3, -0.25) is 15.0 Å². The normalized spacial score (nSPS) is 20.9. The number of nitrogens with one attached hydrogen (secondary N) is 3. The van der Waals surface area contributed by atoms with Crippen LogP contribution in [0.1, 0.15) is 33.8 Å².